The molecule has 0 aliphatic carbocycles. The topological polar surface area (TPSA) is 85.7 Å². The number of nitrogen functional groups attached to an aromatic ring is 1. The molecule has 0 radical (unpaired) electrons. The van der Waals surface area contributed by atoms with Crippen LogP contribution in [0, 0.1) is 13.8 Å². The number of nitrogens with zero attached hydrogens (tertiary/aromatic N) is 1. The second-order valence-electron chi connectivity index (χ2n) is 5.32. The summed E-state index contributed by atoms with van der Waals surface area (Å²) in [6, 6.07) is 13.7. The molecule has 1 heterocycles. The van der Waals surface area contributed by atoms with Gasteiger partial charge >= 0.3 is 0 Å². The Labute approximate surface area is 134 Å². The van der Waals surface area contributed by atoms with Crippen molar-refractivity contribution in [3.8, 4) is 0 Å². The molecule has 0 amide bonds. The van der Waals surface area contributed by atoms with Gasteiger partial charge in [-0.1, -0.05) is 29.8 Å². The van der Waals surface area contributed by atoms with E-state index in [2.05, 4.69) is 4.40 Å². The average Bonchev–Trinajstić information content (AvgIpc) is 2.52. The van der Waals surface area contributed by atoms with Crippen LogP contribution in [0.3, 0.4) is 0 Å². The van der Waals surface area contributed by atoms with Crippen LogP contribution in [0.2, 0.25) is 0 Å². The van der Waals surface area contributed by atoms with Gasteiger partial charge in [-0.05, 0) is 38.1 Å². The number of hydrogen-bond donors (Lipinski definition) is 1. The predicted octanol–water partition coefficient (Wildman–Crippen LogP) is 2.92. The van der Waals surface area contributed by atoms with Gasteiger partial charge < -0.3 is 10.2 Å². The minimum absolute atomic E-state index is 0.00164. The van der Waals surface area contributed by atoms with E-state index >= 15 is 0 Å². The number of aryl methyl sites for hydroxylation is 1. The summed E-state index contributed by atoms with van der Waals surface area (Å²) in [5.74, 6) is 0. The summed E-state index contributed by atoms with van der Waals surface area (Å²) in [5.41, 5.74) is 8.51. The summed E-state index contributed by atoms with van der Waals surface area (Å²) >= 11 is 0. The van der Waals surface area contributed by atoms with Crippen LogP contribution in [0.1, 0.15) is 11.1 Å². The van der Waals surface area contributed by atoms with Gasteiger partial charge in [0.25, 0.3) is 10.0 Å². The molecule has 2 N–H and O–H groups in total. The average molecular weight is 328 g/mol. The van der Waals surface area contributed by atoms with E-state index < -0.39 is 10.0 Å². The summed E-state index contributed by atoms with van der Waals surface area (Å²) in [7, 11) is -3.86. The Hall–Kier alpha value is -2.60. The Morgan fingerprint density at radius 3 is 2.35 bits per heavy atom. The van der Waals surface area contributed by atoms with Crippen LogP contribution in [-0.2, 0) is 10.0 Å². The third-order valence-electron chi connectivity index (χ3n) is 3.63. The van der Waals surface area contributed by atoms with E-state index in [1.165, 1.54) is 12.1 Å². The van der Waals surface area contributed by atoms with Gasteiger partial charge in [0, 0.05) is 10.9 Å². The van der Waals surface area contributed by atoms with Gasteiger partial charge in [-0.25, -0.2) is 0 Å². The first-order chi connectivity index (χ1) is 10.9. The van der Waals surface area contributed by atoms with E-state index in [1.807, 2.05) is 19.1 Å². The van der Waals surface area contributed by atoms with Gasteiger partial charge in [-0.15, -0.1) is 4.40 Å². The minimum atomic E-state index is -3.86. The van der Waals surface area contributed by atoms with Crippen molar-refractivity contribution < 1.29 is 12.8 Å². The van der Waals surface area contributed by atoms with Crippen molar-refractivity contribution in [3.05, 3.63) is 65.2 Å². The molecule has 0 aliphatic heterocycles. The number of nitrogens with two attached hydrogens (primary N) is 1. The minimum Gasteiger partial charge on any atom is -0.437 e. The second kappa shape index (κ2) is 5.55. The maximum absolute atomic E-state index is 12.4. The van der Waals surface area contributed by atoms with Crippen LogP contribution in [0.25, 0.3) is 11.0 Å². The number of fused-ring (bicyclic) bond motifs is 1. The maximum atomic E-state index is 12.4. The Kier molecular flexibility index (Phi) is 3.69. The smallest absolute Gasteiger partial charge is 0.285 e. The van der Waals surface area contributed by atoms with E-state index in [4.69, 9.17) is 10.2 Å². The van der Waals surface area contributed by atoms with Gasteiger partial charge in [0.1, 0.15) is 5.58 Å². The number of para-hydroxylation sites is 1. The molecule has 0 aliphatic rings. The van der Waals surface area contributed by atoms with Crippen molar-refractivity contribution in [1.82, 2.24) is 0 Å². The summed E-state index contributed by atoms with van der Waals surface area (Å²) in [6.07, 6.45) is 0. The van der Waals surface area contributed by atoms with Crippen molar-refractivity contribution in [2.75, 3.05) is 5.73 Å². The molecule has 0 unspecified atom stereocenters. The summed E-state index contributed by atoms with van der Waals surface area (Å²) in [5, 5.41) is 0.733. The lowest BCUT2D eigenvalue weighted by molar-refractivity contribution is 0.536. The van der Waals surface area contributed by atoms with Gasteiger partial charge in [0.2, 0.25) is 5.55 Å². The number of anilines is 1. The SMILES string of the molecule is Cc1ccc(S(=O)(=O)N=c2oc3ccccc3c(N)c2C)cc1. The molecular weight excluding hydrogens is 312 g/mol. The highest BCUT2D eigenvalue weighted by Gasteiger charge is 2.14. The highest BCUT2D eigenvalue weighted by molar-refractivity contribution is 7.90. The molecule has 0 saturated carbocycles. The second-order valence-corrected chi connectivity index (χ2v) is 6.93. The van der Waals surface area contributed by atoms with Gasteiger partial charge in [-0.3, -0.25) is 0 Å². The van der Waals surface area contributed by atoms with Crippen LogP contribution < -0.4 is 11.3 Å². The van der Waals surface area contributed by atoms with Gasteiger partial charge in [0.15, 0.2) is 0 Å². The fourth-order valence-corrected chi connectivity index (χ4v) is 3.21. The molecule has 3 rings (SSSR count). The quantitative estimate of drug-likeness (QED) is 0.783. The molecule has 5 nitrogen and oxygen atoms in total. The maximum Gasteiger partial charge on any atom is 0.285 e. The van der Waals surface area contributed by atoms with Crippen LogP contribution in [0.15, 0.2) is 62.2 Å². The van der Waals surface area contributed by atoms with E-state index in [-0.39, 0.29) is 10.4 Å². The molecular formula is C17H16N2O3S. The molecule has 3 aromatic rings. The predicted molar refractivity (Wildman–Crippen MR) is 89.3 cm³/mol. The van der Waals surface area contributed by atoms with E-state index in [1.54, 1.807) is 31.2 Å². The van der Waals surface area contributed by atoms with Crippen LogP contribution in [0.5, 0.6) is 0 Å². The Bertz CT molecular complexity index is 1050. The molecule has 0 fully saturated rings. The van der Waals surface area contributed by atoms with Crippen molar-refractivity contribution >= 4 is 26.7 Å². The lowest BCUT2D eigenvalue weighted by atomic mass is 10.1. The molecule has 0 bridgehead atoms. The highest BCUT2D eigenvalue weighted by Crippen LogP contribution is 2.21. The normalized spacial score (nSPS) is 12.7. The molecule has 23 heavy (non-hydrogen) atoms. The first kappa shape index (κ1) is 15.3. The molecule has 0 atom stereocenters. The zero-order chi connectivity index (χ0) is 16.6. The van der Waals surface area contributed by atoms with E-state index in [0.717, 1.165) is 10.9 Å². The number of sulfonamides is 1. The molecule has 0 saturated heterocycles. The molecule has 1 aromatic heterocycles. The van der Waals surface area contributed by atoms with Crippen molar-refractivity contribution in [3.63, 3.8) is 0 Å². The van der Waals surface area contributed by atoms with Crippen LogP contribution in [0.4, 0.5) is 5.69 Å². The van der Waals surface area contributed by atoms with Crippen LogP contribution >= 0.6 is 0 Å². The Morgan fingerprint density at radius 1 is 1.00 bits per heavy atom. The lowest BCUT2D eigenvalue weighted by Gasteiger charge is -2.05. The first-order valence-electron chi connectivity index (χ1n) is 7.04. The summed E-state index contributed by atoms with van der Waals surface area (Å²) in [4.78, 5) is 0.115. The largest absolute Gasteiger partial charge is 0.437 e. The summed E-state index contributed by atoms with van der Waals surface area (Å²) in [6.45, 7) is 3.58. The van der Waals surface area contributed by atoms with Crippen molar-refractivity contribution in [2.45, 2.75) is 18.7 Å². The zero-order valence-electron chi connectivity index (χ0n) is 12.8. The Morgan fingerprint density at radius 2 is 1.65 bits per heavy atom. The Balaban J connectivity index is 2.25. The van der Waals surface area contributed by atoms with Gasteiger partial charge in [-0.2, -0.15) is 8.42 Å². The van der Waals surface area contributed by atoms with E-state index in [0.29, 0.717) is 16.8 Å². The van der Waals surface area contributed by atoms with E-state index in [9.17, 15) is 8.42 Å². The molecule has 2 aromatic carbocycles. The summed E-state index contributed by atoms with van der Waals surface area (Å²) < 4.78 is 34.3. The van der Waals surface area contributed by atoms with Crippen LogP contribution in [-0.4, -0.2) is 8.42 Å². The molecule has 0 spiro atoms. The standard InChI is InChI=1S/C17H16N2O3S/c1-11-7-9-13(10-8-11)23(20,21)19-17-12(2)16(18)14-5-3-4-6-15(14)22-17/h3-10H,18H2,1-2H3. The highest BCUT2D eigenvalue weighted by atomic mass is 32.2. The fourth-order valence-electron chi connectivity index (χ4n) is 2.24. The number of benzene rings is 2. The van der Waals surface area contributed by atoms with Gasteiger partial charge in [0.05, 0.1) is 10.6 Å². The lowest BCUT2D eigenvalue weighted by Crippen LogP contribution is -2.13. The first-order valence-corrected chi connectivity index (χ1v) is 8.48. The third kappa shape index (κ3) is 2.85. The molecule has 6 heteroatoms. The molecule has 118 valence electrons. The monoisotopic (exact) mass is 328 g/mol. The number of hydrogen-bond acceptors (Lipinski definition) is 4. The third-order valence-corrected chi connectivity index (χ3v) is 4.90. The fraction of sp³-hybridized carbons (Fsp3) is 0.118. The number of rotatable bonds is 2. The zero-order valence-corrected chi connectivity index (χ0v) is 13.6. The van der Waals surface area contributed by atoms with Crippen molar-refractivity contribution in [1.29, 1.82) is 0 Å². The van der Waals surface area contributed by atoms with Crippen molar-refractivity contribution in [2.24, 2.45) is 4.40 Å².